The summed E-state index contributed by atoms with van der Waals surface area (Å²) in [4.78, 5) is 0. The molecule has 0 nitrogen and oxygen atoms in total. The predicted molar refractivity (Wildman–Crippen MR) is 179 cm³/mol. The van der Waals surface area contributed by atoms with Gasteiger partial charge in [-0.1, -0.05) is 65.3 Å². The third-order valence-electron chi connectivity index (χ3n) is 7.96. The molecule has 42 heavy (non-hydrogen) atoms. The Balaban J connectivity index is 0.000000170. The van der Waals surface area contributed by atoms with Gasteiger partial charge in [-0.3, -0.25) is 0 Å². The Morgan fingerprint density at radius 1 is 0.714 bits per heavy atom. The largest absolute Gasteiger partial charge is 0.214 e. The zero-order valence-electron chi connectivity index (χ0n) is 26.6. The molecule has 0 saturated heterocycles. The molecule has 1 heteroatoms. The molecule has 0 radical (unpaired) electrons. The van der Waals surface area contributed by atoms with Crippen LogP contribution in [0.3, 0.4) is 0 Å². The molecule has 212 valence electrons. The van der Waals surface area contributed by atoms with Crippen LogP contribution in [0.15, 0.2) is 109 Å². The predicted octanol–water partition coefficient (Wildman–Crippen LogP) is 10.5. The fourth-order valence-corrected chi connectivity index (χ4v) is 6.70. The summed E-state index contributed by atoms with van der Waals surface area (Å²) < 4.78 is 1.49. The molecular formula is C41H44Hf. The van der Waals surface area contributed by atoms with Crippen LogP contribution in [-0.4, -0.2) is 3.26 Å². The Kier molecular flexibility index (Phi) is 10.3. The zero-order chi connectivity index (χ0) is 30.5. The Hall–Kier alpha value is -3.03. The molecule has 5 aromatic rings. The topological polar surface area (TPSA) is 0 Å². The summed E-state index contributed by atoms with van der Waals surface area (Å²) in [5.41, 5.74) is 14.3. The summed E-state index contributed by atoms with van der Waals surface area (Å²) in [5.74, 6) is 0. The van der Waals surface area contributed by atoms with Crippen LogP contribution in [0.1, 0.15) is 86.1 Å². The standard InChI is InChI=1S/C21H25.C15H14.C5H5.Hf/c1-20(2,3)16-7-9-18-14(12-16)11-15-13-17(21(4,5)6)8-10-19(15)18;1-12-7-6-10-15(13(12)2)11-14-8-4-3-5-9-14;1-2-4-5-3-1;/h7-10,12H,11H2,1-6H3;3-10H,1-2H3;1-5H;/q-1;;-1;+2. The Morgan fingerprint density at radius 3 is 1.98 bits per heavy atom. The first-order valence-corrected chi connectivity index (χ1v) is 16.7. The van der Waals surface area contributed by atoms with Gasteiger partial charge in [0.25, 0.3) is 0 Å². The Labute approximate surface area is 269 Å². The summed E-state index contributed by atoms with van der Waals surface area (Å²) >= 11 is 1.08. The van der Waals surface area contributed by atoms with Crippen LogP contribution in [0, 0.1) is 19.9 Å². The van der Waals surface area contributed by atoms with E-state index in [9.17, 15) is 0 Å². The van der Waals surface area contributed by atoms with Gasteiger partial charge < -0.3 is 0 Å². The van der Waals surface area contributed by atoms with E-state index in [-0.39, 0.29) is 10.8 Å². The maximum Gasteiger partial charge on any atom is -0.172 e. The van der Waals surface area contributed by atoms with Gasteiger partial charge in [0.2, 0.25) is 0 Å². The van der Waals surface area contributed by atoms with Crippen LogP contribution >= 0.6 is 0 Å². The van der Waals surface area contributed by atoms with Crippen LogP contribution in [0.25, 0.3) is 11.1 Å². The maximum absolute atomic E-state index is 3.67. The van der Waals surface area contributed by atoms with Crippen molar-refractivity contribution < 1.29 is 23.9 Å². The van der Waals surface area contributed by atoms with Gasteiger partial charge in [-0.05, 0) is 28.4 Å². The summed E-state index contributed by atoms with van der Waals surface area (Å²) in [6, 6.07) is 42.4. The number of fused-ring (bicyclic) bond motifs is 3. The molecule has 0 aromatic heterocycles. The maximum atomic E-state index is 3.67. The number of hydrogen-bond acceptors (Lipinski definition) is 0. The van der Waals surface area contributed by atoms with Gasteiger partial charge in [-0.2, -0.15) is 42.0 Å². The van der Waals surface area contributed by atoms with Crippen molar-refractivity contribution in [3.8, 4) is 11.1 Å². The third kappa shape index (κ3) is 7.87. The molecule has 0 spiro atoms. The fourth-order valence-electron chi connectivity index (χ4n) is 5.13. The zero-order valence-corrected chi connectivity index (χ0v) is 30.2. The minimum Gasteiger partial charge on any atom is -0.214 e. The first kappa shape index (κ1) is 31.9. The molecule has 0 saturated carbocycles. The van der Waals surface area contributed by atoms with Crippen molar-refractivity contribution in [1.82, 2.24) is 0 Å². The number of aryl methyl sites for hydroxylation is 1. The summed E-state index contributed by atoms with van der Waals surface area (Å²) in [6.45, 7) is 18.0. The number of rotatable bonds is 2. The Bertz CT molecular complexity index is 1540. The second-order valence-corrected chi connectivity index (χ2v) is 15.1. The number of hydrogen-bond donors (Lipinski definition) is 0. The van der Waals surface area contributed by atoms with Gasteiger partial charge in [0.05, 0.1) is 0 Å². The molecule has 0 fully saturated rings. The van der Waals surface area contributed by atoms with Crippen molar-refractivity contribution >= 4 is 3.26 Å². The Morgan fingerprint density at radius 2 is 1.38 bits per heavy atom. The fraction of sp³-hybridized carbons (Fsp3) is 0.268. The third-order valence-corrected chi connectivity index (χ3v) is 9.96. The van der Waals surface area contributed by atoms with Crippen molar-refractivity contribution in [2.45, 2.75) is 72.6 Å². The second kappa shape index (κ2) is 13.5. The summed E-state index contributed by atoms with van der Waals surface area (Å²) in [5, 5.41) is 0. The molecule has 1 aliphatic carbocycles. The first-order valence-electron chi connectivity index (χ1n) is 14.9. The van der Waals surface area contributed by atoms with Crippen LogP contribution in [0.5, 0.6) is 0 Å². The smallest absolute Gasteiger partial charge is 0.172 e. The molecule has 0 amide bonds. The van der Waals surface area contributed by atoms with Gasteiger partial charge >= 0.3 is 112 Å². The van der Waals surface area contributed by atoms with Crippen molar-refractivity contribution in [3.63, 3.8) is 0 Å². The van der Waals surface area contributed by atoms with E-state index in [2.05, 4.69) is 140 Å². The van der Waals surface area contributed by atoms with Crippen molar-refractivity contribution in [3.05, 3.63) is 160 Å². The van der Waals surface area contributed by atoms with E-state index in [0.29, 0.717) is 0 Å². The molecule has 0 unspecified atom stereocenters. The van der Waals surface area contributed by atoms with Crippen molar-refractivity contribution in [2.24, 2.45) is 0 Å². The molecule has 0 N–H and O–H groups in total. The molecule has 0 atom stereocenters. The molecule has 0 aliphatic heterocycles. The quantitative estimate of drug-likeness (QED) is 0.124. The molecule has 5 aromatic carbocycles. The van der Waals surface area contributed by atoms with Gasteiger partial charge in [0, 0.05) is 0 Å². The van der Waals surface area contributed by atoms with E-state index >= 15 is 0 Å². The minimum absolute atomic E-state index is 0.167. The van der Waals surface area contributed by atoms with Crippen LogP contribution in [0.4, 0.5) is 0 Å². The van der Waals surface area contributed by atoms with E-state index in [0.717, 1.165) is 30.3 Å². The average Bonchev–Trinajstić information content (AvgIpc) is 3.65. The normalized spacial score (nSPS) is 11.9. The second-order valence-electron chi connectivity index (χ2n) is 13.3. The number of benzene rings is 4. The summed E-state index contributed by atoms with van der Waals surface area (Å²) in [7, 11) is 0. The van der Waals surface area contributed by atoms with E-state index in [4.69, 9.17) is 0 Å². The van der Waals surface area contributed by atoms with E-state index in [1.165, 1.54) is 58.9 Å². The molecule has 0 heterocycles. The van der Waals surface area contributed by atoms with Crippen LogP contribution in [-0.2, 0) is 41.1 Å². The van der Waals surface area contributed by atoms with Gasteiger partial charge in [0.1, 0.15) is 0 Å². The molecule has 0 bridgehead atoms. The van der Waals surface area contributed by atoms with E-state index in [1.54, 1.807) is 0 Å². The van der Waals surface area contributed by atoms with E-state index < -0.39 is 0 Å². The van der Waals surface area contributed by atoms with E-state index in [1.807, 2.05) is 30.3 Å². The SMILES string of the molecule is CC(C)(C)c1[c-]c2c(cc1)-c1ccc(C(C)(C)C)cc1C2.Cc1cccc([C](=[Hf+2])c2ccccc2)c1C.c1cc[cH-]c1. The molecule has 6 rings (SSSR count). The monoisotopic (exact) mass is 716 g/mol. The molecule has 1 aliphatic rings. The first-order chi connectivity index (χ1) is 19.9. The van der Waals surface area contributed by atoms with Crippen molar-refractivity contribution in [1.29, 1.82) is 0 Å². The van der Waals surface area contributed by atoms with Gasteiger partial charge in [-0.15, -0.1) is 11.1 Å². The molecular weight excluding hydrogens is 671 g/mol. The van der Waals surface area contributed by atoms with Crippen LogP contribution in [0.2, 0.25) is 0 Å². The van der Waals surface area contributed by atoms with Crippen molar-refractivity contribution in [2.75, 3.05) is 0 Å². The average molecular weight is 715 g/mol. The minimum atomic E-state index is 0.167. The van der Waals surface area contributed by atoms with Crippen LogP contribution < -0.4 is 0 Å². The van der Waals surface area contributed by atoms with Gasteiger partial charge in [0.15, 0.2) is 0 Å². The van der Waals surface area contributed by atoms with Gasteiger partial charge in [-0.25, -0.2) is 12.1 Å². The summed E-state index contributed by atoms with van der Waals surface area (Å²) in [6.07, 6.45) is 1.03.